The number of benzene rings is 1. The first-order valence-electron chi connectivity index (χ1n) is 5.70. The maximum atomic E-state index is 6.08. The van der Waals surface area contributed by atoms with Crippen molar-refractivity contribution in [3.8, 4) is 5.75 Å². The second-order valence-electron chi connectivity index (χ2n) is 5.01. The molecule has 17 heavy (non-hydrogen) atoms. The normalized spacial score (nSPS) is 11.8. The monoisotopic (exact) mass is 230 g/mol. The molecule has 0 spiro atoms. The quantitative estimate of drug-likeness (QED) is 0.881. The van der Waals surface area contributed by atoms with E-state index < -0.39 is 0 Å². The Morgan fingerprint density at radius 1 is 1.24 bits per heavy atom. The summed E-state index contributed by atoms with van der Waals surface area (Å²) in [5.41, 5.74) is 7.06. The van der Waals surface area contributed by atoms with Gasteiger partial charge >= 0.3 is 0 Å². The smallest absolute Gasteiger partial charge is 0.126 e. The zero-order valence-electron chi connectivity index (χ0n) is 10.5. The van der Waals surface area contributed by atoms with Crippen LogP contribution in [-0.2, 0) is 6.42 Å². The molecule has 0 atom stereocenters. The minimum absolute atomic E-state index is 0.225. The van der Waals surface area contributed by atoms with Crippen LogP contribution in [0.25, 0.3) is 10.8 Å². The Kier molecular flexibility index (Phi) is 3.03. The summed E-state index contributed by atoms with van der Waals surface area (Å²) in [7, 11) is 1.68. The van der Waals surface area contributed by atoms with Gasteiger partial charge in [0.15, 0.2) is 0 Å². The fourth-order valence-electron chi connectivity index (χ4n) is 2.04. The lowest BCUT2D eigenvalue weighted by Gasteiger charge is -2.20. The maximum Gasteiger partial charge on any atom is 0.126 e. The molecule has 3 nitrogen and oxygen atoms in total. The average molecular weight is 230 g/mol. The third-order valence-electron chi connectivity index (χ3n) is 2.73. The summed E-state index contributed by atoms with van der Waals surface area (Å²) < 4.78 is 5.35. The molecular formula is C14H18N2O. The lowest BCUT2D eigenvalue weighted by Crippen LogP contribution is -2.34. The molecule has 0 radical (unpaired) electrons. The zero-order chi connectivity index (χ0) is 12.5. The molecular weight excluding hydrogens is 212 g/mol. The molecule has 1 heterocycles. The Morgan fingerprint density at radius 3 is 2.65 bits per heavy atom. The molecule has 0 saturated heterocycles. The van der Waals surface area contributed by atoms with Crippen molar-refractivity contribution >= 4 is 10.8 Å². The van der Waals surface area contributed by atoms with Gasteiger partial charge in [0.25, 0.3) is 0 Å². The minimum Gasteiger partial charge on any atom is -0.496 e. The van der Waals surface area contributed by atoms with E-state index >= 15 is 0 Å². The second kappa shape index (κ2) is 4.34. The SMILES string of the molecule is COc1ccc(CC(C)(C)N)c2cnccc12. The highest BCUT2D eigenvalue weighted by atomic mass is 16.5. The molecule has 0 unspecified atom stereocenters. The summed E-state index contributed by atoms with van der Waals surface area (Å²) >= 11 is 0. The van der Waals surface area contributed by atoms with Gasteiger partial charge in [0.05, 0.1) is 7.11 Å². The lowest BCUT2D eigenvalue weighted by molar-refractivity contribution is 0.419. The molecule has 0 amide bonds. The number of aromatic nitrogens is 1. The molecule has 2 rings (SSSR count). The van der Waals surface area contributed by atoms with E-state index in [1.807, 2.05) is 32.2 Å². The summed E-state index contributed by atoms with van der Waals surface area (Å²) in [4.78, 5) is 4.18. The van der Waals surface area contributed by atoms with Gasteiger partial charge in [-0.15, -0.1) is 0 Å². The number of hydrogen-bond donors (Lipinski definition) is 1. The molecule has 0 fully saturated rings. The standard InChI is InChI=1S/C14H18N2O/c1-14(2,15)8-10-4-5-13(17-3)11-6-7-16-9-12(10)11/h4-7,9H,8,15H2,1-3H3. The Hall–Kier alpha value is -1.61. The first kappa shape index (κ1) is 11.9. The van der Waals surface area contributed by atoms with Gasteiger partial charge in [0.2, 0.25) is 0 Å². The third-order valence-corrected chi connectivity index (χ3v) is 2.73. The summed E-state index contributed by atoms with van der Waals surface area (Å²) in [6.07, 6.45) is 4.47. The molecule has 2 aromatic rings. The van der Waals surface area contributed by atoms with Crippen LogP contribution in [0.15, 0.2) is 30.6 Å². The van der Waals surface area contributed by atoms with Crippen LogP contribution in [-0.4, -0.2) is 17.6 Å². The van der Waals surface area contributed by atoms with Crippen LogP contribution in [0.3, 0.4) is 0 Å². The maximum absolute atomic E-state index is 6.08. The molecule has 0 aliphatic rings. The Balaban J connectivity index is 2.59. The van der Waals surface area contributed by atoms with Gasteiger partial charge in [-0.25, -0.2) is 0 Å². The van der Waals surface area contributed by atoms with Crippen LogP contribution >= 0.6 is 0 Å². The third kappa shape index (κ3) is 2.56. The molecule has 3 heteroatoms. The van der Waals surface area contributed by atoms with E-state index in [0.717, 1.165) is 22.9 Å². The predicted octanol–water partition coefficient (Wildman–Crippen LogP) is 2.52. The number of nitrogens with zero attached hydrogens (tertiary/aromatic N) is 1. The number of methoxy groups -OCH3 is 1. The molecule has 2 N–H and O–H groups in total. The van der Waals surface area contributed by atoms with E-state index in [0.29, 0.717) is 0 Å². The summed E-state index contributed by atoms with van der Waals surface area (Å²) in [5.74, 6) is 0.876. The Bertz CT molecular complexity index is 529. The number of rotatable bonds is 3. The van der Waals surface area contributed by atoms with Gasteiger partial charge in [-0.3, -0.25) is 4.98 Å². The molecule has 0 aliphatic heterocycles. The molecule has 0 aliphatic carbocycles. The predicted molar refractivity (Wildman–Crippen MR) is 70.3 cm³/mol. The molecule has 1 aromatic heterocycles. The first-order chi connectivity index (χ1) is 8.01. The van der Waals surface area contributed by atoms with Crippen molar-refractivity contribution in [2.24, 2.45) is 5.73 Å². The fourth-order valence-corrected chi connectivity index (χ4v) is 2.04. The van der Waals surface area contributed by atoms with Crippen LogP contribution in [0.5, 0.6) is 5.75 Å². The fraction of sp³-hybridized carbons (Fsp3) is 0.357. The van der Waals surface area contributed by atoms with Gasteiger partial charge in [-0.1, -0.05) is 6.07 Å². The average Bonchev–Trinajstić information content (AvgIpc) is 2.28. The topological polar surface area (TPSA) is 48.1 Å². The van der Waals surface area contributed by atoms with E-state index in [1.54, 1.807) is 13.3 Å². The van der Waals surface area contributed by atoms with E-state index in [2.05, 4.69) is 11.1 Å². The molecule has 0 bridgehead atoms. The van der Waals surface area contributed by atoms with Gasteiger partial charge in [-0.2, -0.15) is 0 Å². The summed E-state index contributed by atoms with van der Waals surface area (Å²) in [6.45, 7) is 4.05. The largest absolute Gasteiger partial charge is 0.496 e. The Morgan fingerprint density at radius 2 is 2.00 bits per heavy atom. The van der Waals surface area contributed by atoms with E-state index in [9.17, 15) is 0 Å². The van der Waals surface area contributed by atoms with E-state index in [1.165, 1.54) is 5.56 Å². The van der Waals surface area contributed by atoms with Crippen molar-refractivity contribution in [2.75, 3.05) is 7.11 Å². The first-order valence-corrected chi connectivity index (χ1v) is 5.70. The highest BCUT2D eigenvalue weighted by molar-refractivity contribution is 5.90. The van der Waals surface area contributed by atoms with Crippen molar-refractivity contribution < 1.29 is 4.74 Å². The van der Waals surface area contributed by atoms with Crippen LogP contribution in [0, 0.1) is 0 Å². The van der Waals surface area contributed by atoms with Crippen molar-refractivity contribution in [1.82, 2.24) is 4.98 Å². The van der Waals surface area contributed by atoms with Crippen LogP contribution < -0.4 is 10.5 Å². The van der Waals surface area contributed by atoms with Crippen molar-refractivity contribution in [3.63, 3.8) is 0 Å². The van der Waals surface area contributed by atoms with Crippen LogP contribution in [0.4, 0.5) is 0 Å². The summed E-state index contributed by atoms with van der Waals surface area (Å²) in [6, 6.07) is 6.03. The van der Waals surface area contributed by atoms with E-state index in [-0.39, 0.29) is 5.54 Å². The van der Waals surface area contributed by atoms with Crippen molar-refractivity contribution in [1.29, 1.82) is 0 Å². The van der Waals surface area contributed by atoms with Crippen molar-refractivity contribution in [3.05, 3.63) is 36.2 Å². The Labute approximate surface area is 102 Å². The van der Waals surface area contributed by atoms with Gasteiger partial charge < -0.3 is 10.5 Å². The second-order valence-corrected chi connectivity index (χ2v) is 5.01. The number of hydrogen-bond acceptors (Lipinski definition) is 3. The minimum atomic E-state index is -0.225. The molecule has 90 valence electrons. The lowest BCUT2D eigenvalue weighted by atomic mass is 9.93. The van der Waals surface area contributed by atoms with Gasteiger partial charge in [0, 0.05) is 28.7 Å². The van der Waals surface area contributed by atoms with Crippen LogP contribution in [0.1, 0.15) is 19.4 Å². The van der Waals surface area contributed by atoms with Crippen LogP contribution in [0.2, 0.25) is 0 Å². The number of ether oxygens (including phenoxy) is 1. The molecule has 1 aromatic carbocycles. The number of nitrogens with two attached hydrogens (primary N) is 1. The zero-order valence-corrected chi connectivity index (χ0v) is 10.5. The van der Waals surface area contributed by atoms with Gasteiger partial charge in [0.1, 0.15) is 5.75 Å². The highest BCUT2D eigenvalue weighted by Crippen LogP contribution is 2.29. The van der Waals surface area contributed by atoms with E-state index in [4.69, 9.17) is 10.5 Å². The highest BCUT2D eigenvalue weighted by Gasteiger charge is 2.15. The summed E-state index contributed by atoms with van der Waals surface area (Å²) in [5, 5.41) is 2.20. The number of pyridine rings is 1. The van der Waals surface area contributed by atoms with Gasteiger partial charge in [-0.05, 0) is 38.0 Å². The number of fused-ring (bicyclic) bond motifs is 1. The molecule has 0 saturated carbocycles. The van der Waals surface area contributed by atoms with Crippen molar-refractivity contribution in [2.45, 2.75) is 25.8 Å².